The summed E-state index contributed by atoms with van der Waals surface area (Å²) in [6.45, 7) is 1.94. The first-order chi connectivity index (χ1) is 10.8. The smallest absolute Gasteiger partial charge is 0.231 e. The van der Waals surface area contributed by atoms with Gasteiger partial charge >= 0.3 is 0 Å². The molecule has 1 N–H and O–H groups in total. The summed E-state index contributed by atoms with van der Waals surface area (Å²) in [6, 6.07) is 7.99. The van der Waals surface area contributed by atoms with Crippen LogP contribution in [0.4, 0.5) is 0 Å². The molecule has 4 rings (SSSR count). The first-order valence-electron chi connectivity index (χ1n) is 7.57. The minimum atomic E-state index is 0.222. The zero-order valence-corrected chi connectivity index (χ0v) is 12.2. The summed E-state index contributed by atoms with van der Waals surface area (Å²) < 4.78 is 10.7. The van der Waals surface area contributed by atoms with Gasteiger partial charge in [-0.2, -0.15) is 0 Å². The average molecular weight is 298 g/mol. The number of aromatic hydroxyl groups is 1. The molecule has 5 heteroatoms. The van der Waals surface area contributed by atoms with Crippen molar-refractivity contribution in [1.82, 2.24) is 9.88 Å². The van der Waals surface area contributed by atoms with Crippen LogP contribution in [0.15, 0.2) is 36.7 Å². The summed E-state index contributed by atoms with van der Waals surface area (Å²) in [5.74, 6) is 1.59. The molecule has 1 fully saturated rings. The summed E-state index contributed by atoms with van der Waals surface area (Å²) in [4.78, 5) is 6.61. The maximum atomic E-state index is 10.2. The number of rotatable bonds is 3. The van der Waals surface area contributed by atoms with E-state index in [0.717, 1.165) is 24.9 Å². The van der Waals surface area contributed by atoms with Crippen molar-refractivity contribution in [3.05, 3.63) is 47.8 Å². The van der Waals surface area contributed by atoms with Crippen LogP contribution in [0.5, 0.6) is 17.2 Å². The van der Waals surface area contributed by atoms with Gasteiger partial charge in [-0.25, -0.2) is 0 Å². The topological polar surface area (TPSA) is 54.8 Å². The molecule has 0 bridgehead atoms. The zero-order chi connectivity index (χ0) is 14.9. The second kappa shape index (κ2) is 5.50. The molecule has 5 nitrogen and oxygen atoms in total. The summed E-state index contributed by atoms with van der Waals surface area (Å²) in [5.41, 5.74) is 2.11. The van der Waals surface area contributed by atoms with Gasteiger partial charge in [-0.15, -0.1) is 0 Å². The molecular weight excluding hydrogens is 280 g/mol. The van der Waals surface area contributed by atoms with Gasteiger partial charge in [0.05, 0.1) is 0 Å². The Labute approximate surface area is 129 Å². The molecule has 2 aliphatic rings. The van der Waals surface area contributed by atoms with Crippen LogP contribution in [0.1, 0.15) is 30.0 Å². The lowest BCUT2D eigenvalue weighted by molar-refractivity contribution is 0.173. The third-order valence-corrected chi connectivity index (χ3v) is 4.38. The summed E-state index contributed by atoms with van der Waals surface area (Å²) in [6.07, 6.45) is 6.01. The molecule has 1 aromatic heterocycles. The fraction of sp³-hybridized carbons (Fsp3) is 0.353. The van der Waals surface area contributed by atoms with Crippen molar-refractivity contribution in [1.29, 1.82) is 0 Å². The van der Waals surface area contributed by atoms with Gasteiger partial charge < -0.3 is 14.6 Å². The summed E-state index contributed by atoms with van der Waals surface area (Å²) >= 11 is 0. The van der Waals surface area contributed by atoms with Gasteiger partial charge in [0.1, 0.15) is 5.75 Å². The van der Waals surface area contributed by atoms with Crippen molar-refractivity contribution in [2.24, 2.45) is 0 Å². The van der Waals surface area contributed by atoms with Crippen LogP contribution in [0.2, 0.25) is 0 Å². The minimum Gasteiger partial charge on any atom is -0.507 e. The van der Waals surface area contributed by atoms with Crippen LogP contribution >= 0.6 is 0 Å². The van der Waals surface area contributed by atoms with Crippen LogP contribution in [-0.4, -0.2) is 28.3 Å². The largest absolute Gasteiger partial charge is 0.507 e. The normalized spacial score (nSPS) is 20.5. The Kier molecular flexibility index (Phi) is 3.35. The van der Waals surface area contributed by atoms with E-state index in [1.165, 1.54) is 5.56 Å². The number of pyridine rings is 1. The number of likely N-dealkylation sites (tertiary alicyclic amines) is 1. The lowest BCUT2D eigenvalue weighted by Gasteiger charge is -2.25. The summed E-state index contributed by atoms with van der Waals surface area (Å²) in [7, 11) is 0. The Bertz CT molecular complexity index is 675. The van der Waals surface area contributed by atoms with Crippen LogP contribution in [0.25, 0.3) is 0 Å². The number of phenols is 1. The molecule has 2 aliphatic heterocycles. The Morgan fingerprint density at radius 2 is 2.14 bits per heavy atom. The average Bonchev–Trinajstić information content (AvgIpc) is 3.17. The Morgan fingerprint density at radius 3 is 2.95 bits per heavy atom. The Morgan fingerprint density at radius 1 is 1.27 bits per heavy atom. The molecule has 3 heterocycles. The first kappa shape index (κ1) is 13.4. The predicted octanol–water partition coefficient (Wildman–Crippen LogP) is 2.85. The standard InChI is InChI=1S/C17H18N2O3/c20-15-8-17-16(21-11-22-17)7-13(15)10-19-6-2-4-14(19)12-3-1-5-18-9-12/h1,3,5,7-9,14,20H,2,4,6,10-11H2. The number of nitrogens with zero attached hydrogens (tertiary/aromatic N) is 2. The third-order valence-electron chi connectivity index (χ3n) is 4.38. The van der Waals surface area contributed by atoms with Crippen LogP contribution in [-0.2, 0) is 6.54 Å². The molecule has 1 saturated heterocycles. The quantitative estimate of drug-likeness (QED) is 0.944. The highest BCUT2D eigenvalue weighted by atomic mass is 16.7. The highest BCUT2D eigenvalue weighted by Crippen LogP contribution is 2.40. The van der Waals surface area contributed by atoms with Crippen molar-refractivity contribution in [2.45, 2.75) is 25.4 Å². The van der Waals surface area contributed by atoms with Gasteiger partial charge in [0.2, 0.25) is 6.79 Å². The highest BCUT2D eigenvalue weighted by Gasteiger charge is 2.27. The van der Waals surface area contributed by atoms with E-state index in [0.29, 0.717) is 24.1 Å². The lowest BCUT2D eigenvalue weighted by atomic mass is 10.1. The van der Waals surface area contributed by atoms with E-state index in [2.05, 4.69) is 16.0 Å². The summed E-state index contributed by atoms with van der Waals surface area (Å²) in [5, 5.41) is 10.2. The predicted molar refractivity (Wildman–Crippen MR) is 80.9 cm³/mol. The molecule has 0 aliphatic carbocycles. The number of ether oxygens (including phenoxy) is 2. The fourth-order valence-corrected chi connectivity index (χ4v) is 3.28. The molecule has 1 aromatic carbocycles. The molecule has 0 spiro atoms. The molecule has 0 amide bonds. The Balaban J connectivity index is 1.58. The van der Waals surface area contributed by atoms with Crippen molar-refractivity contribution in [3.8, 4) is 17.2 Å². The maximum absolute atomic E-state index is 10.2. The van der Waals surface area contributed by atoms with E-state index in [-0.39, 0.29) is 12.5 Å². The number of phenolic OH excluding ortho intramolecular Hbond substituents is 1. The van der Waals surface area contributed by atoms with E-state index in [4.69, 9.17) is 9.47 Å². The fourth-order valence-electron chi connectivity index (χ4n) is 3.28. The number of hydrogen-bond acceptors (Lipinski definition) is 5. The van der Waals surface area contributed by atoms with Gasteiger partial charge in [-0.1, -0.05) is 6.07 Å². The lowest BCUT2D eigenvalue weighted by Crippen LogP contribution is -2.22. The van der Waals surface area contributed by atoms with Crippen LogP contribution in [0.3, 0.4) is 0 Å². The van der Waals surface area contributed by atoms with Gasteiger partial charge in [0.15, 0.2) is 11.5 Å². The van der Waals surface area contributed by atoms with Crippen LogP contribution < -0.4 is 9.47 Å². The highest BCUT2D eigenvalue weighted by molar-refractivity contribution is 5.51. The monoisotopic (exact) mass is 298 g/mol. The van der Waals surface area contributed by atoms with Gasteiger partial charge in [0, 0.05) is 36.6 Å². The molecule has 0 radical (unpaired) electrons. The second-order valence-electron chi connectivity index (χ2n) is 5.75. The maximum Gasteiger partial charge on any atom is 0.231 e. The molecule has 0 saturated carbocycles. The SMILES string of the molecule is Oc1cc2c(cc1CN1CCCC1c1cccnc1)OCO2. The van der Waals surface area contributed by atoms with Crippen molar-refractivity contribution in [2.75, 3.05) is 13.3 Å². The number of aromatic nitrogens is 1. The molecule has 22 heavy (non-hydrogen) atoms. The van der Waals surface area contributed by atoms with Gasteiger partial charge in [-0.05, 0) is 37.1 Å². The zero-order valence-electron chi connectivity index (χ0n) is 12.2. The van der Waals surface area contributed by atoms with E-state index < -0.39 is 0 Å². The molecule has 1 atom stereocenters. The second-order valence-corrected chi connectivity index (χ2v) is 5.75. The molecule has 1 unspecified atom stereocenters. The van der Waals surface area contributed by atoms with E-state index in [1.54, 1.807) is 12.3 Å². The van der Waals surface area contributed by atoms with E-state index in [9.17, 15) is 5.11 Å². The van der Waals surface area contributed by atoms with Gasteiger partial charge in [0.25, 0.3) is 0 Å². The molecule has 114 valence electrons. The Hall–Kier alpha value is -2.27. The third kappa shape index (κ3) is 2.37. The van der Waals surface area contributed by atoms with Crippen molar-refractivity contribution < 1.29 is 14.6 Å². The van der Waals surface area contributed by atoms with Crippen molar-refractivity contribution >= 4 is 0 Å². The number of fused-ring (bicyclic) bond motifs is 1. The van der Waals surface area contributed by atoms with E-state index >= 15 is 0 Å². The van der Waals surface area contributed by atoms with Crippen molar-refractivity contribution in [3.63, 3.8) is 0 Å². The number of benzene rings is 1. The molecular formula is C17H18N2O3. The van der Waals surface area contributed by atoms with Crippen LogP contribution in [0, 0.1) is 0 Å². The van der Waals surface area contributed by atoms with E-state index in [1.807, 2.05) is 18.3 Å². The minimum absolute atomic E-state index is 0.222. The molecule has 2 aromatic rings. The first-order valence-corrected chi connectivity index (χ1v) is 7.57. The number of hydrogen-bond donors (Lipinski definition) is 1. The van der Waals surface area contributed by atoms with Gasteiger partial charge in [-0.3, -0.25) is 9.88 Å².